The number of rotatable bonds is 5. The number of phenolic OH excluding ortho intramolecular Hbond substituents is 1. The summed E-state index contributed by atoms with van der Waals surface area (Å²) in [5.74, 6) is -0.215. The molecule has 0 aliphatic heterocycles. The van der Waals surface area contributed by atoms with Crippen molar-refractivity contribution in [1.29, 1.82) is 0 Å². The van der Waals surface area contributed by atoms with Gasteiger partial charge in [-0.25, -0.2) is 0 Å². The Morgan fingerprint density at radius 1 is 1.08 bits per heavy atom. The van der Waals surface area contributed by atoms with Gasteiger partial charge >= 0.3 is 0 Å². The van der Waals surface area contributed by atoms with Crippen LogP contribution in [-0.2, 0) is 10.2 Å². The number of benzene rings is 2. The molecule has 0 saturated heterocycles. The van der Waals surface area contributed by atoms with Gasteiger partial charge in [0.2, 0.25) is 0 Å². The Morgan fingerprint density at radius 3 is 2.23 bits per heavy atom. The molecular formula is C21H25NO4. The molecule has 0 heterocycles. The molecule has 0 bridgehead atoms. The molecule has 5 heteroatoms. The van der Waals surface area contributed by atoms with Crippen LogP contribution in [0, 0.1) is 0 Å². The zero-order chi connectivity index (χ0) is 19.5. The van der Waals surface area contributed by atoms with Crippen molar-refractivity contribution in [3.05, 3.63) is 59.2 Å². The van der Waals surface area contributed by atoms with Gasteiger partial charge < -0.3 is 14.7 Å². The first kappa shape index (κ1) is 19.5. The average molecular weight is 355 g/mol. The standard InChI is InChI=1S/C21H25NO4/c1-21(2,3)16-11-15(20(25)14-9-7-6-8-10-14)17(23)12-18(16)26-13-19(24)22(4)5/h6-12,23H,13H2,1-5H3. The highest BCUT2D eigenvalue weighted by Gasteiger charge is 2.25. The topological polar surface area (TPSA) is 66.8 Å². The Labute approximate surface area is 154 Å². The van der Waals surface area contributed by atoms with E-state index in [9.17, 15) is 14.7 Å². The fourth-order valence-electron chi connectivity index (χ4n) is 2.47. The number of nitrogens with zero attached hydrogens (tertiary/aromatic N) is 1. The molecule has 1 amide bonds. The molecule has 2 aromatic carbocycles. The maximum atomic E-state index is 12.8. The van der Waals surface area contributed by atoms with Gasteiger partial charge in [-0.15, -0.1) is 0 Å². The molecule has 0 radical (unpaired) electrons. The van der Waals surface area contributed by atoms with Crippen molar-refractivity contribution >= 4 is 11.7 Å². The van der Waals surface area contributed by atoms with Crippen LogP contribution in [0.3, 0.4) is 0 Å². The molecule has 0 aliphatic carbocycles. The molecule has 0 spiro atoms. The summed E-state index contributed by atoms with van der Waals surface area (Å²) in [6.45, 7) is 5.81. The normalized spacial score (nSPS) is 11.1. The first-order valence-electron chi connectivity index (χ1n) is 8.41. The van der Waals surface area contributed by atoms with Crippen LogP contribution in [0.1, 0.15) is 42.3 Å². The van der Waals surface area contributed by atoms with Gasteiger partial charge in [0.25, 0.3) is 5.91 Å². The molecular weight excluding hydrogens is 330 g/mol. The van der Waals surface area contributed by atoms with Crippen LogP contribution in [0.25, 0.3) is 0 Å². The lowest BCUT2D eigenvalue weighted by molar-refractivity contribution is -0.130. The van der Waals surface area contributed by atoms with Crippen LogP contribution in [0.15, 0.2) is 42.5 Å². The number of amides is 1. The number of aromatic hydroxyl groups is 1. The summed E-state index contributed by atoms with van der Waals surface area (Å²) in [7, 11) is 3.30. The Hall–Kier alpha value is -2.82. The number of carbonyl (C=O) groups is 2. The monoisotopic (exact) mass is 355 g/mol. The molecule has 0 atom stereocenters. The van der Waals surface area contributed by atoms with Gasteiger partial charge in [-0.2, -0.15) is 0 Å². The first-order valence-corrected chi connectivity index (χ1v) is 8.41. The lowest BCUT2D eigenvalue weighted by Crippen LogP contribution is -2.28. The maximum absolute atomic E-state index is 12.8. The number of carbonyl (C=O) groups excluding carboxylic acids is 2. The summed E-state index contributed by atoms with van der Waals surface area (Å²) in [5.41, 5.74) is 1.13. The number of hydrogen-bond donors (Lipinski definition) is 1. The maximum Gasteiger partial charge on any atom is 0.259 e. The van der Waals surface area contributed by atoms with Gasteiger partial charge in [0.05, 0.1) is 5.56 Å². The predicted molar refractivity (Wildman–Crippen MR) is 101 cm³/mol. The smallest absolute Gasteiger partial charge is 0.259 e. The molecule has 26 heavy (non-hydrogen) atoms. The fraction of sp³-hybridized carbons (Fsp3) is 0.333. The van der Waals surface area contributed by atoms with E-state index in [1.165, 1.54) is 11.0 Å². The van der Waals surface area contributed by atoms with Crippen LogP contribution in [0.5, 0.6) is 11.5 Å². The van der Waals surface area contributed by atoms with Crippen molar-refractivity contribution in [3.8, 4) is 11.5 Å². The highest BCUT2D eigenvalue weighted by molar-refractivity contribution is 6.10. The molecule has 0 aliphatic rings. The van der Waals surface area contributed by atoms with E-state index in [0.717, 1.165) is 5.56 Å². The Kier molecular flexibility index (Phi) is 5.70. The quantitative estimate of drug-likeness (QED) is 0.835. The second-order valence-electron chi connectivity index (χ2n) is 7.39. The van der Waals surface area contributed by atoms with Crippen molar-refractivity contribution in [2.45, 2.75) is 26.2 Å². The molecule has 2 aromatic rings. The molecule has 2 rings (SSSR count). The van der Waals surface area contributed by atoms with Crippen LogP contribution < -0.4 is 4.74 Å². The highest BCUT2D eigenvalue weighted by atomic mass is 16.5. The highest BCUT2D eigenvalue weighted by Crippen LogP contribution is 2.37. The summed E-state index contributed by atoms with van der Waals surface area (Å²) in [4.78, 5) is 26.0. The van der Waals surface area contributed by atoms with Gasteiger partial charge in [-0.3, -0.25) is 9.59 Å². The van der Waals surface area contributed by atoms with E-state index in [0.29, 0.717) is 11.3 Å². The number of ketones is 1. The van der Waals surface area contributed by atoms with Gasteiger partial charge in [0.1, 0.15) is 11.5 Å². The van der Waals surface area contributed by atoms with E-state index in [4.69, 9.17) is 4.74 Å². The van der Waals surface area contributed by atoms with E-state index < -0.39 is 0 Å². The minimum Gasteiger partial charge on any atom is -0.507 e. The van der Waals surface area contributed by atoms with E-state index in [1.54, 1.807) is 44.4 Å². The predicted octanol–water partition coefficient (Wildman–Crippen LogP) is 3.39. The van der Waals surface area contributed by atoms with Gasteiger partial charge in [-0.1, -0.05) is 51.1 Å². The van der Waals surface area contributed by atoms with Crippen molar-refractivity contribution in [1.82, 2.24) is 4.90 Å². The number of likely N-dealkylation sites (N-methyl/N-ethyl adjacent to an activating group) is 1. The first-order chi connectivity index (χ1) is 12.1. The molecule has 138 valence electrons. The molecule has 1 N–H and O–H groups in total. The minimum absolute atomic E-state index is 0.137. The third-order valence-corrected chi connectivity index (χ3v) is 4.04. The third kappa shape index (κ3) is 4.42. The summed E-state index contributed by atoms with van der Waals surface area (Å²) < 4.78 is 5.65. The Balaban J connectivity index is 2.44. The number of phenols is 1. The lowest BCUT2D eigenvalue weighted by Gasteiger charge is -2.24. The molecule has 0 saturated carbocycles. The third-order valence-electron chi connectivity index (χ3n) is 4.04. The van der Waals surface area contributed by atoms with Crippen LogP contribution in [0.2, 0.25) is 0 Å². The van der Waals surface area contributed by atoms with E-state index in [-0.39, 0.29) is 35.0 Å². The SMILES string of the molecule is CN(C)C(=O)COc1cc(O)c(C(=O)c2ccccc2)cc1C(C)(C)C. The van der Waals surface area contributed by atoms with Gasteiger partial charge in [0, 0.05) is 31.3 Å². The van der Waals surface area contributed by atoms with Gasteiger partial charge in [0.15, 0.2) is 12.4 Å². The number of hydrogen-bond acceptors (Lipinski definition) is 4. The summed E-state index contributed by atoms with van der Waals surface area (Å²) in [6.07, 6.45) is 0. The minimum atomic E-state index is -0.337. The van der Waals surface area contributed by atoms with Gasteiger partial charge in [-0.05, 0) is 11.5 Å². The lowest BCUT2D eigenvalue weighted by atomic mass is 9.84. The van der Waals surface area contributed by atoms with Crippen LogP contribution in [-0.4, -0.2) is 42.4 Å². The van der Waals surface area contributed by atoms with Crippen molar-refractivity contribution < 1.29 is 19.4 Å². The second kappa shape index (κ2) is 7.60. The summed E-state index contributed by atoms with van der Waals surface area (Å²) in [6, 6.07) is 11.9. The zero-order valence-electron chi connectivity index (χ0n) is 15.9. The average Bonchev–Trinajstić information content (AvgIpc) is 2.58. The van der Waals surface area contributed by atoms with Crippen LogP contribution >= 0.6 is 0 Å². The second-order valence-corrected chi connectivity index (χ2v) is 7.39. The molecule has 0 unspecified atom stereocenters. The summed E-state index contributed by atoms with van der Waals surface area (Å²) >= 11 is 0. The number of ether oxygens (including phenoxy) is 1. The zero-order valence-corrected chi connectivity index (χ0v) is 15.9. The van der Waals surface area contributed by atoms with Crippen molar-refractivity contribution in [3.63, 3.8) is 0 Å². The largest absolute Gasteiger partial charge is 0.507 e. The van der Waals surface area contributed by atoms with Crippen LogP contribution in [0.4, 0.5) is 0 Å². The molecule has 5 nitrogen and oxygen atoms in total. The molecule has 0 fully saturated rings. The van der Waals surface area contributed by atoms with Crippen molar-refractivity contribution in [2.24, 2.45) is 0 Å². The summed E-state index contributed by atoms with van der Waals surface area (Å²) in [5, 5.41) is 10.4. The van der Waals surface area contributed by atoms with Crippen molar-refractivity contribution in [2.75, 3.05) is 20.7 Å². The van der Waals surface area contributed by atoms with E-state index >= 15 is 0 Å². The van der Waals surface area contributed by atoms with E-state index in [1.807, 2.05) is 26.8 Å². The Morgan fingerprint density at radius 2 is 1.69 bits per heavy atom. The fourth-order valence-corrected chi connectivity index (χ4v) is 2.47. The Bertz CT molecular complexity index is 805. The van der Waals surface area contributed by atoms with E-state index in [2.05, 4.69) is 0 Å². The molecule has 0 aromatic heterocycles.